The molecule has 210 valence electrons. The van der Waals surface area contributed by atoms with Gasteiger partial charge in [0.05, 0.1) is 6.04 Å². The molecule has 4 aliphatic carbocycles. The number of benzene rings is 2. The molecule has 7 rings (SSSR count). The molecule has 0 aromatic heterocycles. The topological polar surface area (TPSA) is 3.24 Å². The van der Waals surface area contributed by atoms with Gasteiger partial charge in [-0.2, -0.15) is 10.0 Å². The molecule has 0 amide bonds. The third kappa shape index (κ3) is 4.56. The van der Waals surface area contributed by atoms with Gasteiger partial charge in [0.1, 0.15) is 0 Å². The van der Waals surface area contributed by atoms with Gasteiger partial charge in [-0.05, 0) is 113 Å². The number of aryl methyl sites for hydroxylation is 1. The fourth-order valence-corrected chi connectivity index (χ4v) is 12.7. The van der Waals surface area contributed by atoms with E-state index in [4.69, 9.17) is 0 Å². The highest BCUT2D eigenvalue weighted by Crippen LogP contribution is 2.75. The lowest BCUT2D eigenvalue weighted by atomic mass is 9.87. The monoisotopic (exact) mass is 557 g/mol. The molecule has 5 aliphatic rings. The summed E-state index contributed by atoms with van der Waals surface area (Å²) in [5.41, 5.74) is 5.90. The van der Waals surface area contributed by atoms with Gasteiger partial charge in [-0.1, -0.05) is 92.8 Å². The average molecular weight is 558 g/mol. The summed E-state index contributed by atoms with van der Waals surface area (Å²) >= 11 is 0. The summed E-state index contributed by atoms with van der Waals surface area (Å²) in [7, 11) is -1.49. The highest BCUT2D eigenvalue weighted by molar-refractivity contribution is 8.37. The van der Waals surface area contributed by atoms with Gasteiger partial charge in [-0.3, -0.25) is 0 Å². The molecule has 2 aromatic carbocycles. The molecular weight excluding hydrogens is 515 g/mol. The zero-order chi connectivity index (χ0) is 27.8. The minimum Gasteiger partial charge on any atom is -0.334 e. The van der Waals surface area contributed by atoms with Crippen LogP contribution in [0.4, 0.5) is 0 Å². The van der Waals surface area contributed by atoms with Crippen LogP contribution < -0.4 is 0 Å². The standard InChI is InChI=1S/C39H43NS/c1-3-30-15-13-21-34(27-30)41(32-18-8-5-9-19-32,33-20-12-14-29(2)26-33)35-24-25-39-37(28-35)36-22-10-11-23-38(36)40(39)31-16-6-4-7-17-31/h5-6,8-11,13,15-19,21-27,29,35-36,38H,3-4,7,12,14,20,28H2,1-2H3/t29?,35-,36?,38?/m0/s1. The Morgan fingerprint density at radius 1 is 0.902 bits per heavy atom. The van der Waals surface area contributed by atoms with Crippen molar-refractivity contribution in [2.75, 3.05) is 0 Å². The quantitative estimate of drug-likeness (QED) is 0.341. The molecule has 1 aliphatic heterocycles. The Morgan fingerprint density at radius 3 is 2.56 bits per heavy atom. The minimum absolute atomic E-state index is 0.376. The Morgan fingerprint density at radius 2 is 1.76 bits per heavy atom. The first-order valence-corrected chi connectivity index (χ1v) is 17.5. The van der Waals surface area contributed by atoms with E-state index in [1.165, 1.54) is 41.1 Å². The largest absolute Gasteiger partial charge is 0.334 e. The lowest BCUT2D eigenvalue weighted by Crippen LogP contribution is -2.31. The van der Waals surface area contributed by atoms with Crippen molar-refractivity contribution in [3.8, 4) is 0 Å². The van der Waals surface area contributed by atoms with Gasteiger partial charge in [0.15, 0.2) is 0 Å². The summed E-state index contributed by atoms with van der Waals surface area (Å²) in [6.45, 7) is 4.72. The number of rotatable bonds is 6. The van der Waals surface area contributed by atoms with Crippen LogP contribution in [-0.4, -0.2) is 16.2 Å². The number of nitrogens with zero attached hydrogens (tertiary/aromatic N) is 1. The lowest BCUT2D eigenvalue weighted by molar-refractivity contribution is 0.378. The van der Waals surface area contributed by atoms with Crippen LogP contribution in [0, 0.1) is 11.8 Å². The van der Waals surface area contributed by atoms with Gasteiger partial charge in [-0.25, -0.2) is 0 Å². The van der Waals surface area contributed by atoms with Crippen LogP contribution in [0.25, 0.3) is 0 Å². The highest BCUT2D eigenvalue weighted by Gasteiger charge is 2.46. The van der Waals surface area contributed by atoms with Crippen molar-refractivity contribution in [2.24, 2.45) is 11.8 Å². The summed E-state index contributed by atoms with van der Waals surface area (Å²) in [6, 6.07) is 21.7. The first-order chi connectivity index (χ1) is 20.2. The molecule has 41 heavy (non-hydrogen) atoms. The summed E-state index contributed by atoms with van der Waals surface area (Å²) in [4.78, 5) is 7.42. The second-order valence-corrected chi connectivity index (χ2v) is 15.6. The Kier molecular flexibility index (Phi) is 7.29. The summed E-state index contributed by atoms with van der Waals surface area (Å²) < 4.78 is 0. The van der Waals surface area contributed by atoms with Crippen LogP contribution in [0.5, 0.6) is 0 Å². The summed E-state index contributed by atoms with van der Waals surface area (Å²) in [5, 5.41) is 0.433. The van der Waals surface area contributed by atoms with E-state index in [1.807, 2.05) is 0 Å². The van der Waals surface area contributed by atoms with E-state index >= 15 is 0 Å². The fourth-order valence-electron chi connectivity index (χ4n) is 7.83. The third-order valence-corrected chi connectivity index (χ3v) is 14.2. The van der Waals surface area contributed by atoms with E-state index in [1.54, 1.807) is 15.4 Å². The van der Waals surface area contributed by atoms with Crippen LogP contribution >= 0.6 is 10.0 Å². The zero-order valence-electron chi connectivity index (χ0n) is 24.6. The molecule has 0 N–H and O–H groups in total. The Hall–Kier alpha value is -3.23. The van der Waals surface area contributed by atoms with Crippen LogP contribution in [0.3, 0.4) is 0 Å². The Bertz CT molecular complexity index is 1520. The predicted octanol–water partition coefficient (Wildman–Crippen LogP) is 10.4. The number of allylic oxidation sites excluding steroid dienone is 8. The van der Waals surface area contributed by atoms with Gasteiger partial charge in [0.2, 0.25) is 0 Å². The molecule has 1 heterocycles. The highest BCUT2D eigenvalue weighted by atomic mass is 32.3. The van der Waals surface area contributed by atoms with Crippen LogP contribution in [-0.2, 0) is 6.42 Å². The van der Waals surface area contributed by atoms with Crippen molar-refractivity contribution in [2.45, 2.75) is 79.9 Å². The molecule has 5 atom stereocenters. The normalized spacial score (nSPS) is 29.0. The number of hydrogen-bond acceptors (Lipinski definition) is 1. The molecule has 4 unspecified atom stereocenters. The van der Waals surface area contributed by atoms with Gasteiger partial charge >= 0.3 is 0 Å². The minimum atomic E-state index is -1.49. The van der Waals surface area contributed by atoms with E-state index < -0.39 is 10.0 Å². The van der Waals surface area contributed by atoms with E-state index in [-0.39, 0.29) is 0 Å². The molecule has 2 heteroatoms. The van der Waals surface area contributed by atoms with Crippen LogP contribution in [0.2, 0.25) is 0 Å². The molecule has 0 bridgehead atoms. The SMILES string of the molecule is CCc1cccc(S(C2=CC(C)CCC2)(c2ccccc2)[C@H]2C=CC3=C(C2)C2C=CC=CC2N3C2=CCCC=C2)c1. The first-order valence-electron chi connectivity index (χ1n) is 15.8. The second-order valence-electron chi connectivity index (χ2n) is 12.3. The number of hydrogen-bond donors (Lipinski definition) is 0. The van der Waals surface area contributed by atoms with Crippen molar-refractivity contribution in [1.29, 1.82) is 0 Å². The van der Waals surface area contributed by atoms with Crippen molar-refractivity contribution in [3.05, 3.63) is 143 Å². The molecule has 0 radical (unpaired) electrons. The van der Waals surface area contributed by atoms with Crippen molar-refractivity contribution >= 4 is 10.0 Å². The van der Waals surface area contributed by atoms with Crippen molar-refractivity contribution in [3.63, 3.8) is 0 Å². The van der Waals surface area contributed by atoms with E-state index in [2.05, 4.69) is 134 Å². The Balaban J connectivity index is 1.41. The molecule has 0 saturated carbocycles. The molecule has 0 spiro atoms. The molecule has 2 aromatic rings. The molecule has 1 nitrogen and oxygen atoms in total. The Labute approximate surface area is 248 Å². The predicted molar refractivity (Wildman–Crippen MR) is 176 cm³/mol. The van der Waals surface area contributed by atoms with Crippen molar-refractivity contribution in [1.82, 2.24) is 4.90 Å². The second kappa shape index (κ2) is 11.2. The molecule has 0 fully saturated rings. The number of fused-ring (bicyclic) bond motifs is 2. The zero-order valence-corrected chi connectivity index (χ0v) is 25.4. The average Bonchev–Trinajstić information content (AvgIpc) is 3.36. The maximum atomic E-state index is 2.69. The lowest BCUT2D eigenvalue weighted by Gasteiger charge is -2.51. The van der Waals surface area contributed by atoms with E-state index in [0.29, 0.717) is 23.1 Å². The molecular formula is C39H43NS. The smallest absolute Gasteiger partial charge is 0.0626 e. The van der Waals surface area contributed by atoms with Crippen LogP contribution in [0.15, 0.2) is 147 Å². The van der Waals surface area contributed by atoms with Gasteiger partial charge in [-0.15, -0.1) is 0 Å². The van der Waals surface area contributed by atoms with E-state index in [0.717, 1.165) is 25.7 Å². The van der Waals surface area contributed by atoms with E-state index in [9.17, 15) is 0 Å². The fraction of sp³-hybridized carbons (Fsp3) is 0.333. The maximum Gasteiger partial charge on any atom is 0.0626 e. The summed E-state index contributed by atoms with van der Waals surface area (Å²) in [6.07, 6.45) is 32.7. The van der Waals surface area contributed by atoms with Crippen molar-refractivity contribution < 1.29 is 0 Å². The third-order valence-electron chi connectivity index (χ3n) is 9.75. The van der Waals surface area contributed by atoms with Gasteiger partial charge in [0.25, 0.3) is 0 Å². The summed E-state index contributed by atoms with van der Waals surface area (Å²) in [5.74, 6) is 1.07. The van der Waals surface area contributed by atoms with Gasteiger partial charge < -0.3 is 4.90 Å². The molecule has 0 saturated heterocycles. The van der Waals surface area contributed by atoms with Crippen LogP contribution in [0.1, 0.15) is 57.9 Å². The maximum absolute atomic E-state index is 2.69. The van der Waals surface area contributed by atoms with Gasteiger partial charge in [0, 0.05) is 22.6 Å². The first kappa shape index (κ1) is 26.7.